The number of rotatable bonds is 1. The molecule has 0 bridgehead atoms. The highest BCUT2D eigenvalue weighted by Gasteiger charge is 2.43. The van der Waals surface area contributed by atoms with E-state index in [0.29, 0.717) is 12.8 Å². The topological polar surface area (TPSA) is 29.5 Å². The van der Waals surface area contributed by atoms with Crippen molar-refractivity contribution >= 4 is 0 Å². The lowest BCUT2D eigenvalue weighted by Gasteiger charge is -2.30. The van der Waals surface area contributed by atoms with E-state index in [1.165, 1.54) is 0 Å². The Kier molecular flexibility index (Phi) is 2.95. The van der Waals surface area contributed by atoms with Crippen LogP contribution in [0.5, 0.6) is 0 Å². The molecular formula is C7H11F3O2. The van der Waals surface area contributed by atoms with Gasteiger partial charge in [-0.05, 0) is 19.3 Å². The Balaban J connectivity index is 2.46. The maximum atomic E-state index is 12.0. The molecule has 1 fully saturated rings. The molecule has 0 aliphatic carbocycles. The van der Waals surface area contributed by atoms with Gasteiger partial charge in [0.25, 0.3) is 0 Å². The van der Waals surface area contributed by atoms with Crippen LogP contribution < -0.4 is 0 Å². The predicted octanol–water partition coefficient (Wildman–Crippen LogP) is 1.48. The Labute approximate surface area is 68.3 Å². The van der Waals surface area contributed by atoms with E-state index in [-0.39, 0.29) is 13.0 Å². The molecule has 0 amide bonds. The van der Waals surface area contributed by atoms with Crippen molar-refractivity contribution in [2.75, 3.05) is 6.61 Å². The number of hydrogen-bond donors (Lipinski definition) is 1. The average Bonchev–Trinajstić information content (AvgIpc) is 2.03. The summed E-state index contributed by atoms with van der Waals surface area (Å²) in [5.74, 6) is 0. The predicted molar refractivity (Wildman–Crippen MR) is 35.7 cm³/mol. The summed E-state index contributed by atoms with van der Waals surface area (Å²) in [4.78, 5) is 0. The van der Waals surface area contributed by atoms with Crippen LogP contribution in [0.4, 0.5) is 13.2 Å². The third kappa shape index (κ3) is 2.35. The summed E-state index contributed by atoms with van der Waals surface area (Å²) in [5, 5.41) is 8.58. The molecule has 5 heteroatoms. The Morgan fingerprint density at radius 2 is 2.00 bits per heavy atom. The summed E-state index contributed by atoms with van der Waals surface area (Å²) in [5.41, 5.74) is 0. The van der Waals surface area contributed by atoms with Gasteiger partial charge in [-0.25, -0.2) is 0 Å². The monoisotopic (exact) mass is 184 g/mol. The summed E-state index contributed by atoms with van der Waals surface area (Å²) < 4.78 is 40.8. The first-order valence-electron chi connectivity index (χ1n) is 3.87. The molecule has 0 aromatic carbocycles. The van der Waals surface area contributed by atoms with Gasteiger partial charge in [0.2, 0.25) is 0 Å². The highest BCUT2D eigenvalue weighted by molar-refractivity contribution is 4.75. The second-order valence-corrected chi connectivity index (χ2v) is 2.90. The first-order valence-corrected chi connectivity index (χ1v) is 3.87. The molecule has 1 rings (SSSR count). The second kappa shape index (κ2) is 3.62. The van der Waals surface area contributed by atoms with Gasteiger partial charge in [-0.15, -0.1) is 0 Å². The van der Waals surface area contributed by atoms with Gasteiger partial charge in [0.15, 0.2) is 6.10 Å². The van der Waals surface area contributed by atoms with Crippen molar-refractivity contribution in [1.29, 1.82) is 0 Å². The molecule has 2 nitrogen and oxygen atoms in total. The normalized spacial score (nSPS) is 32.0. The molecule has 72 valence electrons. The molecule has 0 aromatic heterocycles. The maximum absolute atomic E-state index is 12.0. The summed E-state index contributed by atoms with van der Waals surface area (Å²) in [6, 6.07) is 0. The van der Waals surface area contributed by atoms with Crippen molar-refractivity contribution < 1.29 is 23.0 Å². The number of halogens is 3. The highest BCUT2D eigenvalue weighted by atomic mass is 19.4. The zero-order valence-corrected chi connectivity index (χ0v) is 6.47. The SMILES string of the molecule is OCC1CCCC(C(F)(F)F)O1. The minimum Gasteiger partial charge on any atom is -0.394 e. The standard InChI is InChI=1S/C7H11F3O2/c8-7(9,10)6-3-1-2-5(4-11)12-6/h5-6,11H,1-4H2. The van der Waals surface area contributed by atoms with Gasteiger partial charge in [-0.3, -0.25) is 0 Å². The van der Waals surface area contributed by atoms with Crippen LogP contribution in [0.3, 0.4) is 0 Å². The highest BCUT2D eigenvalue weighted by Crippen LogP contribution is 2.31. The molecule has 0 aromatic rings. The molecular weight excluding hydrogens is 173 g/mol. The summed E-state index contributed by atoms with van der Waals surface area (Å²) in [6.07, 6.45) is -5.60. The number of aliphatic hydroxyl groups is 1. The fourth-order valence-corrected chi connectivity index (χ4v) is 1.27. The molecule has 1 N–H and O–H groups in total. The third-order valence-corrected chi connectivity index (χ3v) is 1.92. The molecule has 1 saturated heterocycles. The first kappa shape index (κ1) is 9.80. The van der Waals surface area contributed by atoms with Gasteiger partial charge in [0, 0.05) is 0 Å². The van der Waals surface area contributed by atoms with Crippen LogP contribution in [0.1, 0.15) is 19.3 Å². The summed E-state index contributed by atoms with van der Waals surface area (Å²) in [7, 11) is 0. The van der Waals surface area contributed by atoms with Crippen molar-refractivity contribution in [3.8, 4) is 0 Å². The zero-order valence-electron chi connectivity index (χ0n) is 6.47. The van der Waals surface area contributed by atoms with Gasteiger partial charge in [0.05, 0.1) is 12.7 Å². The zero-order chi connectivity index (χ0) is 9.19. The number of aliphatic hydroxyl groups excluding tert-OH is 1. The minimum absolute atomic E-state index is 0.0139. The molecule has 0 radical (unpaired) electrons. The first-order chi connectivity index (χ1) is 5.54. The smallest absolute Gasteiger partial charge is 0.394 e. The van der Waals surface area contributed by atoms with E-state index in [1.54, 1.807) is 0 Å². The van der Waals surface area contributed by atoms with Crippen molar-refractivity contribution in [3.05, 3.63) is 0 Å². The fraction of sp³-hybridized carbons (Fsp3) is 1.00. The lowest BCUT2D eigenvalue weighted by atomic mass is 10.0. The molecule has 2 unspecified atom stereocenters. The maximum Gasteiger partial charge on any atom is 0.414 e. The van der Waals surface area contributed by atoms with Crippen LogP contribution in [0.2, 0.25) is 0 Å². The molecule has 0 saturated carbocycles. The molecule has 2 atom stereocenters. The van der Waals surface area contributed by atoms with Crippen molar-refractivity contribution in [3.63, 3.8) is 0 Å². The Hall–Kier alpha value is -0.290. The quantitative estimate of drug-likeness (QED) is 0.668. The van der Waals surface area contributed by atoms with Gasteiger partial charge in [-0.2, -0.15) is 13.2 Å². The van der Waals surface area contributed by atoms with Crippen LogP contribution in [0.15, 0.2) is 0 Å². The van der Waals surface area contributed by atoms with Gasteiger partial charge in [0.1, 0.15) is 0 Å². The van der Waals surface area contributed by atoms with Crippen molar-refractivity contribution in [2.24, 2.45) is 0 Å². The number of alkyl halides is 3. The Morgan fingerprint density at radius 3 is 2.50 bits per heavy atom. The average molecular weight is 184 g/mol. The lowest BCUT2D eigenvalue weighted by molar-refractivity contribution is -0.248. The van der Waals surface area contributed by atoms with Crippen LogP contribution in [-0.2, 0) is 4.74 Å². The van der Waals surface area contributed by atoms with Gasteiger partial charge >= 0.3 is 6.18 Å². The molecule has 0 spiro atoms. The Morgan fingerprint density at radius 1 is 1.33 bits per heavy atom. The van der Waals surface area contributed by atoms with E-state index in [4.69, 9.17) is 5.11 Å². The molecule has 1 aliphatic rings. The van der Waals surface area contributed by atoms with Gasteiger partial charge in [-0.1, -0.05) is 0 Å². The van der Waals surface area contributed by atoms with Crippen LogP contribution in [0, 0.1) is 0 Å². The third-order valence-electron chi connectivity index (χ3n) is 1.92. The van der Waals surface area contributed by atoms with E-state index in [9.17, 15) is 13.2 Å². The van der Waals surface area contributed by atoms with Crippen LogP contribution in [-0.4, -0.2) is 30.1 Å². The van der Waals surface area contributed by atoms with E-state index in [1.807, 2.05) is 0 Å². The van der Waals surface area contributed by atoms with E-state index >= 15 is 0 Å². The number of ether oxygens (including phenoxy) is 1. The lowest BCUT2D eigenvalue weighted by Crippen LogP contribution is -2.39. The molecule has 12 heavy (non-hydrogen) atoms. The van der Waals surface area contributed by atoms with Gasteiger partial charge < -0.3 is 9.84 Å². The van der Waals surface area contributed by atoms with Crippen molar-refractivity contribution in [1.82, 2.24) is 0 Å². The minimum atomic E-state index is -4.28. The van der Waals surface area contributed by atoms with Crippen LogP contribution in [0.25, 0.3) is 0 Å². The largest absolute Gasteiger partial charge is 0.414 e. The van der Waals surface area contributed by atoms with E-state index in [0.717, 1.165) is 0 Å². The summed E-state index contributed by atoms with van der Waals surface area (Å²) in [6.45, 7) is -0.327. The summed E-state index contributed by atoms with van der Waals surface area (Å²) >= 11 is 0. The second-order valence-electron chi connectivity index (χ2n) is 2.90. The van der Waals surface area contributed by atoms with Crippen LogP contribution >= 0.6 is 0 Å². The Bertz CT molecular complexity index is 146. The molecule has 1 heterocycles. The van der Waals surface area contributed by atoms with Crippen molar-refractivity contribution in [2.45, 2.75) is 37.6 Å². The number of hydrogen-bond acceptors (Lipinski definition) is 2. The molecule has 1 aliphatic heterocycles. The van der Waals surface area contributed by atoms with E-state index < -0.39 is 18.4 Å². The fourth-order valence-electron chi connectivity index (χ4n) is 1.27. The van der Waals surface area contributed by atoms with E-state index in [2.05, 4.69) is 4.74 Å².